The van der Waals surface area contributed by atoms with E-state index < -0.39 is 20.0 Å². The van der Waals surface area contributed by atoms with Gasteiger partial charge < -0.3 is 21.1 Å². The molecule has 53 heavy (non-hydrogen) atoms. The zero-order chi connectivity index (χ0) is 38.9. The number of phosphoric acid groups is 1. The molecule has 0 aliphatic carbocycles. The van der Waals surface area contributed by atoms with E-state index in [2.05, 4.69) is 55.6 Å². The summed E-state index contributed by atoms with van der Waals surface area (Å²) in [6.07, 6.45) is 47.2. The predicted octanol–water partition coefficient (Wildman–Crippen LogP) is 12.3. The number of unbranched alkanes of at least 4 members (excludes halogenated alkanes) is 23. The minimum Gasteiger partial charge on any atom is -0.391 e. The zero-order valence-electron chi connectivity index (χ0n) is 34.5. The topological polar surface area (TPSA) is 131 Å². The molecule has 0 aliphatic heterocycles. The van der Waals surface area contributed by atoms with Gasteiger partial charge in [-0.05, 0) is 51.4 Å². The third kappa shape index (κ3) is 38.8. The second-order valence-electron chi connectivity index (χ2n) is 14.9. The Labute approximate surface area is 327 Å². The number of aliphatic hydroxyl groups is 1. The van der Waals surface area contributed by atoms with E-state index in [1.165, 1.54) is 122 Å². The van der Waals surface area contributed by atoms with Crippen molar-refractivity contribution in [1.29, 1.82) is 0 Å². The van der Waals surface area contributed by atoms with Crippen molar-refractivity contribution >= 4 is 13.7 Å². The van der Waals surface area contributed by atoms with Gasteiger partial charge in [-0.1, -0.05) is 185 Å². The molecule has 0 saturated heterocycles. The molecule has 0 radical (unpaired) electrons. The van der Waals surface area contributed by atoms with Gasteiger partial charge in [0.25, 0.3) is 0 Å². The monoisotopic (exact) mass is 769 g/mol. The maximum Gasteiger partial charge on any atom is 0.472 e. The van der Waals surface area contributed by atoms with Crippen LogP contribution in [0.2, 0.25) is 0 Å². The highest BCUT2D eigenvalue weighted by Gasteiger charge is 2.27. The van der Waals surface area contributed by atoms with Gasteiger partial charge in [-0.3, -0.25) is 13.8 Å². The number of nitrogens with one attached hydrogen (secondary N) is 1. The van der Waals surface area contributed by atoms with Crippen LogP contribution < -0.4 is 11.1 Å². The molecule has 9 heteroatoms. The normalized spacial score (nSPS) is 14.4. The number of hydrogen-bond donors (Lipinski definition) is 4. The lowest BCUT2D eigenvalue weighted by Crippen LogP contribution is -2.46. The standard InChI is InChI=1S/C44H85N2O6P/c1-3-5-7-9-11-13-15-16-17-18-19-20-21-22-23-24-25-26-28-30-32-34-36-38-44(48)46-42(41-52-53(49,50)51-40-39-45)43(47)37-35-33-31-29-27-14-12-10-8-6-4-2/h15-16,18-19,21-22,42-43,47H,3-14,17,20,23-41,45H2,1-2H3,(H,46,48)(H,49,50)/b16-15-,19-18-,22-21-. The number of nitrogens with two attached hydrogens (primary N) is 1. The molecule has 0 fully saturated rings. The first kappa shape index (κ1) is 51.7. The molecule has 3 atom stereocenters. The van der Waals surface area contributed by atoms with Crippen LogP contribution in [0.25, 0.3) is 0 Å². The van der Waals surface area contributed by atoms with E-state index in [1.807, 2.05) is 0 Å². The molecule has 312 valence electrons. The summed E-state index contributed by atoms with van der Waals surface area (Å²) in [6.45, 7) is 4.18. The summed E-state index contributed by atoms with van der Waals surface area (Å²) in [7, 11) is -4.31. The molecular weight excluding hydrogens is 683 g/mol. The first-order chi connectivity index (χ1) is 25.9. The van der Waals surface area contributed by atoms with Gasteiger partial charge in [0, 0.05) is 13.0 Å². The van der Waals surface area contributed by atoms with Crippen LogP contribution in [0.4, 0.5) is 0 Å². The van der Waals surface area contributed by atoms with Crippen LogP contribution in [0.3, 0.4) is 0 Å². The highest BCUT2D eigenvalue weighted by atomic mass is 31.2. The van der Waals surface area contributed by atoms with Gasteiger partial charge in [0.2, 0.25) is 5.91 Å². The Bertz CT molecular complexity index is 928. The first-order valence-corrected chi connectivity index (χ1v) is 23.6. The van der Waals surface area contributed by atoms with Crippen molar-refractivity contribution in [2.75, 3.05) is 19.8 Å². The van der Waals surface area contributed by atoms with E-state index in [4.69, 9.17) is 14.8 Å². The molecule has 0 aliphatic rings. The van der Waals surface area contributed by atoms with E-state index in [1.54, 1.807) is 0 Å². The summed E-state index contributed by atoms with van der Waals surface area (Å²) in [5.74, 6) is -0.170. The van der Waals surface area contributed by atoms with Crippen molar-refractivity contribution < 1.29 is 28.4 Å². The van der Waals surface area contributed by atoms with E-state index in [-0.39, 0.29) is 25.7 Å². The van der Waals surface area contributed by atoms with Crippen LogP contribution in [-0.2, 0) is 18.4 Å². The molecule has 0 aromatic rings. The van der Waals surface area contributed by atoms with Gasteiger partial charge in [-0.2, -0.15) is 0 Å². The number of phosphoric ester groups is 1. The number of carbonyl (C=O) groups is 1. The SMILES string of the molecule is CCCCCCC/C=C\C/C=C\C/C=C\CCCCCCCCCCC(=O)NC(COP(=O)(O)OCCN)C(O)CCCCCCCCCCCCC. The van der Waals surface area contributed by atoms with Gasteiger partial charge >= 0.3 is 7.82 Å². The lowest BCUT2D eigenvalue weighted by Gasteiger charge is -2.25. The maximum atomic E-state index is 12.8. The minimum atomic E-state index is -4.31. The molecule has 0 rings (SSSR count). The summed E-state index contributed by atoms with van der Waals surface area (Å²) in [4.78, 5) is 22.7. The summed E-state index contributed by atoms with van der Waals surface area (Å²) in [6, 6.07) is -0.777. The fraction of sp³-hybridized carbons (Fsp3) is 0.841. The number of rotatable bonds is 41. The van der Waals surface area contributed by atoms with Crippen molar-refractivity contribution in [2.24, 2.45) is 5.73 Å². The third-order valence-electron chi connectivity index (χ3n) is 9.75. The smallest absolute Gasteiger partial charge is 0.391 e. The molecule has 0 aromatic carbocycles. The Morgan fingerprint density at radius 2 is 1.04 bits per heavy atom. The highest BCUT2D eigenvalue weighted by Crippen LogP contribution is 2.43. The Hall–Kier alpha value is -1.28. The molecular formula is C44H85N2O6P. The fourth-order valence-electron chi connectivity index (χ4n) is 6.38. The Kier molecular flexibility index (Phi) is 39.4. The average Bonchev–Trinajstić information content (AvgIpc) is 3.14. The highest BCUT2D eigenvalue weighted by molar-refractivity contribution is 7.47. The quantitative estimate of drug-likeness (QED) is 0.0277. The van der Waals surface area contributed by atoms with Crippen LogP contribution in [0.1, 0.15) is 206 Å². The molecule has 3 unspecified atom stereocenters. The van der Waals surface area contributed by atoms with Crippen molar-refractivity contribution in [3.8, 4) is 0 Å². The van der Waals surface area contributed by atoms with Crippen molar-refractivity contribution in [2.45, 2.75) is 219 Å². The number of hydrogen-bond acceptors (Lipinski definition) is 6. The second kappa shape index (κ2) is 40.4. The molecule has 1 amide bonds. The van der Waals surface area contributed by atoms with Crippen molar-refractivity contribution in [3.05, 3.63) is 36.5 Å². The van der Waals surface area contributed by atoms with Crippen LogP contribution in [0.15, 0.2) is 36.5 Å². The molecule has 8 nitrogen and oxygen atoms in total. The lowest BCUT2D eigenvalue weighted by atomic mass is 10.0. The Morgan fingerprint density at radius 1 is 0.623 bits per heavy atom. The van der Waals surface area contributed by atoms with Crippen LogP contribution >= 0.6 is 7.82 Å². The number of aliphatic hydroxyl groups excluding tert-OH is 1. The van der Waals surface area contributed by atoms with Gasteiger partial charge in [0.15, 0.2) is 0 Å². The van der Waals surface area contributed by atoms with E-state index >= 15 is 0 Å². The van der Waals surface area contributed by atoms with E-state index in [9.17, 15) is 19.4 Å². The van der Waals surface area contributed by atoms with Gasteiger partial charge in [0.1, 0.15) is 0 Å². The van der Waals surface area contributed by atoms with Crippen molar-refractivity contribution in [3.63, 3.8) is 0 Å². The molecule has 5 N–H and O–H groups in total. The van der Waals surface area contributed by atoms with Crippen LogP contribution in [0.5, 0.6) is 0 Å². The third-order valence-corrected chi connectivity index (χ3v) is 10.7. The zero-order valence-corrected chi connectivity index (χ0v) is 35.4. The summed E-state index contributed by atoms with van der Waals surface area (Å²) in [5, 5.41) is 13.8. The Morgan fingerprint density at radius 3 is 1.51 bits per heavy atom. The molecule has 0 aromatic heterocycles. The maximum absolute atomic E-state index is 12.8. The van der Waals surface area contributed by atoms with Crippen LogP contribution in [0, 0.1) is 0 Å². The molecule has 0 bridgehead atoms. The lowest BCUT2D eigenvalue weighted by molar-refractivity contribution is -0.123. The van der Waals surface area contributed by atoms with Gasteiger partial charge in [-0.25, -0.2) is 4.57 Å². The average molecular weight is 769 g/mol. The summed E-state index contributed by atoms with van der Waals surface area (Å²) in [5.41, 5.74) is 5.37. The van der Waals surface area contributed by atoms with Crippen LogP contribution in [-0.4, -0.2) is 47.8 Å². The van der Waals surface area contributed by atoms with Gasteiger partial charge in [0.05, 0.1) is 25.4 Å². The second-order valence-corrected chi connectivity index (χ2v) is 16.4. The number of amides is 1. The van der Waals surface area contributed by atoms with Gasteiger partial charge in [-0.15, -0.1) is 0 Å². The molecule has 0 saturated carbocycles. The predicted molar refractivity (Wildman–Crippen MR) is 226 cm³/mol. The fourth-order valence-corrected chi connectivity index (χ4v) is 7.14. The van der Waals surface area contributed by atoms with E-state index in [0.717, 1.165) is 57.8 Å². The molecule has 0 heterocycles. The first-order valence-electron chi connectivity index (χ1n) is 22.1. The number of allylic oxidation sites excluding steroid dienone is 6. The molecule has 0 spiro atoms. The number of carbonyl (C=O) groups excluding carboxylic acids is 1. The van der Waals surface area contributed by atoms with Crippen molar-refractivity contribution in [1.82, 2.24) is 5.32 Å². The largest absolute Gasteiger partial charge is 0.472 e. The summed E-state index contributed by atoms with van der Waals surface area (Å²) < 4.78 is 22.1. The van der Waals surface area contributed by atoms with E-state index in [0.29, 0.717) is 12.8 Å². The Balaban J connectivity index is 4.09. The summed E-state index contributed by atoms with van der Waals surface area (Å²) >= 11 is 0. The minimum absolute atomic E-state index is 0.0868.